The van der Waals surface area contributed by atoms with E-state index in [2.05, 4.69) is 5.32 Å². The van der Waals surface area contributed by atoms with E-state index in [1.165, 1.54) is 12.1 Å². The minimum absolute atomic E-state index is 0.183. The fourth-order valence-electron chi connectivity index (χ4n) is 1.74. The maximum absolute atomic E-state index is 13.0. The minimum atomic E-state index is -0.825. The van der Waals surface area contributed by atoms with Crippen molar-refractivity contribution in [1.82, 2.24) is 0 Å². The highest BCUT2D eigenvalue weighted by Crippen LogP contribution is 2.24. The topological polar surface area (TPSA) is 98.5 Å². The fourth-order valence-corrected chi connectivity index (χ4v) is 1.74. The molecule has 2 rings (SSSR count). The monoisotopic (exact) mass is 318 g/mol. The van der Waals surface area contributed by atoms with Crippen LogP contribution in [0.2, 0.25) is 0 Å². The van der Waals surface area contributed by atoms with E-state index in [1.54, 1.807) is 18.2 Å². The molecule has 0 radical (unpaired) electrons. The van der Waals surface area contributed by atoms with Gasteiger partial charge in [0, 0.05) is 0 Å². The van der Waals surface area contributed by atoms with Gasteiger partial charge in [-0.15, -0.1) is 0 Å². The Morgan fingerprint density at radius 2 is 1.87 bits per heavy atom. The Kier molecular flexibility index (Phi) is 4.98. The summed E-state index contributed by atoms with van der Waals surface area (Å²) in [5, 5.41) is 13.0. The van der Waals surface area contributed by atoms with Crippen molar-refractivity contribution >= 4 is 23.3 Å². The van der Waals surface area contributed by atoms with Gasteiger partial charge in [0.1, 0.15) is 11.5 Å². The molecular weight excluding hydrogens is 307 g/mol. The summed E-state index contributed by atoms with van der Waals surface area (Å²) >= 11 is 0. The number of nitro benzene ring substituents is 1. The molecule has 1 N–H and O–H groups in total. The van der Waals surface area contributed by atoms with Crippen molar-refractivity contribution in [1.29, 1.82) is 0 Å². The number of ether oxygens (including phenoxy) is 1. The van der Waals surface area contributed by atoms with Crippen LogP contribution in [0.4, 0.5) is 15.8 Å². The number of hydrogen-bond acceptors (Lipinski definition) is 5. The summed E-state index contributed by atoms with van der Waals surface area (Å²) < 4.78 is 17.8. The van der Waals surface area contributed by atoms with Gasteiger partial charge in [0.15, 0.2) is 6.61 Å². The summed E-state index contributed by atoms with van der Waals surface area (Å²) in [6, 6.07) is 10.7. The lowest BCUT2D eigenvalue weighted by Gasteiger charge is -2.07. The van der Waals surface area contributed by atoms with E-state index in [9.17, 15) is 24.1 Å². The highest BCUT2D eigenvalue weighted by atomic mass is 19.1. The molecule has 0 aromatic heterocycles. The summed E-state index contributed by atoms with van der Waals surface area (Å²) in [6.45, 7) is -0.623. The van der Waals surface area contributed by atoms with Crippen molar-refractivity contribution in [2.75, 3.05) is 11.9 Å². The van der Waals surface area contributed by atoms with Crippen LogP contribution < -0.4 is 5.32 Å². The van der Waals surface area contributed by atoms with Crippen molar-refractivity contribution in [2.24, 2.45) is 0 Å². The number of nitrogens with zero attached hydrogens (tertiary/aromatic N) is 1. The molecule has 118 valence electrons. The second-order valence-corrected chi connectivity index (χ2v) is 4.41. The van der Waals surface area contributed by atoms with Crippen molar-refractivity contribution in [2.45, 2.75) is 0 Å². The third-order valence-corrected chi connectivity index (χ3v) is 2.77. The molecule has 0 saturated carbocycles. The average Bonchev–Trinajstić information content (AvgIpc) is 2.55. The van der Waals surface area contributed by atoms with Crippen LogP contribution in [0.5, 0.6) is 0 Å². The molecule has 0 aliphatic carbocycles. The van der Waals surface area contributed by atoms with E-state index in [0.717, 1.165) is 12.1 Å². The standard InChI is InChI=1S/C15H11FN2O5/c16-11-6-7-12(13(8-11)18(21)22)17-14(19)9-23-15(20)10-4-2-1-3-5-10/h1-8H,9H2,(H,17,19). The van der Waals surface area contributed by atoms with E-state index < -0.39 is 34.9 Å². The van der Waals surface area contributed by atoms with E-state index in [1.807, 2.05) is 0 Å². The van der Waals surface area contributed by atoms with Gasteiger partial charge in [0.05, 0.1) is 16.6 Å². The Morgan fingerprint density at radius 1 is 1.17 bits per heavy atom. The normalized spacial score (nSPS) is 9.96. The highest BCUT2D eigenvalue weighted by molar-refractivity contribution is 5.96. The largest absolute Gasteiger partial charge is 0.452 e. The molecule has 1 amide bonds. The molecule has 7 nitrogen and oxygen atoms in total. The minimum Gasteiger partial charge on any atom is -0.452 e. The van der Waals surface area contributed by atoms with Gasteiger partial charge in [0.2, 0.25) is 0 Å². The van der Waals surface area contributed by atoms with Gasteiger partial charge in [-0.05, 0) is 24.3 Å². The molecule has 23 heavy (non-hydrogen) atoms. The lowest BCUT2D eigenvalue weighted by atomic mass is 10.2. The predicted molar refractivity (Wildman–Crippen MR) is 78.4 cm³/mol. The fraction of sp³-hybridized carbons (Fsp3) is 0.0667. The molecule has 0 aliphatic heterocycles. The Balaban J connectivity index is 1.98. The maximum Gasteiger partial charge on any atom is 0.338 e. The van der Waals surface area contributed by atoms with Crippen LogP contribution in [0.3, 0.4) is 0 Å². The first-order valence-corrected chi connectivity index (χ1v) is 6.43. The van der Waals surface area contributed by atoms with Crippen LogP contribution >= 0.6 is 0 Å². The van der Waals surface area contributed by atoms with E-state index >= 15 is 0 Å². The Bertz CT molecular complexity index is 749. The smallest absolute Gasteiger partial charge is 0.338 e. The summed E-state index contributed by atoms with van der Waals surface area (Å²) in [5.74, 6) is -2.27. The number of esters is 1. The first-order valence-electron chi connectivity index (χ1n) is 6.43. The number of anilines is 1. The molecule has 0 spiro atoms. The summed E-state index contributed by atoms with van der Waals surface area (Å²) in [7, 11) is 0. The molecule has 0 bridgehead atoms. The Morgan fingerprint density at radius 3 is 2.52 bits per heavy atom. The van der Waals surface area contributed by atoms with Crippen molar-refractivity contribution in [3.63, 3.8) is 0 Å². The van der Waals surface area contributed by atoms with Crippen molar-refractivity contribution < 1.29 is 23.6 Å². The molecule has 2 aromatic rings. The molecule has 8 heteroatoms. The molecule has 0 atom stereocenters. The Hall–Kier alpha value is -3.29. The predicted octanol–water partition coefficient (Wildman–Crippen LogP) is 2.53. The number of nitro groups is 1. The van der Waals surface area contributed by atoms with Crippen LogP contribution in [0.15, 0.2) is 48.5 Å². The van der Waals surface area contributed by atoms with Gasteiger partial charge in [0.25, 0.3) is 11.6 Å². The molecule has 0 unspecified atom stereocenters. The molecule has 0 aliphatic rings. The van der Waals surface area contributed by atoms with E-state index in [4.69, 9.17) is 4.74 Å². The van der Waals surface area contributed by atoms with Gasteiger partial charge in [-0.25, -0.2) is 9.18 Å². The molecule has 0 fully saturated rings. The van der Waals surface area contributed by atoms with Gasteiger partial charge >= 0.3 is 5.97 Å². The van der Waals surface area contributed by atoms with E-state index in [0.29, 0.717) is 6.07 Å². The average molecular weight is 318 g/mol. The van der Waals surface area contributed by atoms with Crippen LogP contribution in [0.25, 0.3) is 0 Å². The molecule has 0 saturated heterocycles. The van der Waals surface area contributed by atoms with Crippen LogP contribution in [0, 0.1) is 15.9 Å². The number of amides is 1. The maximum atomic E-state index is 13.0. The molecule has 0 heterocycles. The number of benzene rings is 2. The van der Waals surface area contributed by atoms with Crippen LogP contribution in [-0.4, -0.2) is 23.4 Å². The van der Waals surface area contributed by atoms with Crippen LogP contribution in [-0.2, 0) is 9.53 Å². The first kappa shape index (κ1) is 16.1. The van der Waals surface area contributed by atoms with Gasteiger partial charge in [-0.1, -0.05) is 18.2 Å². The number of carbonyl (C=O) groups excluding carboxylic acids is 2. The number of hydrogen-bond donors (Lipinski definition) is 1. The lowest BCUT2D eigenvalue weighted by molar-refractivity contribution is -0.384. The molecular formula is C15H11FN2O5. The van der Waals surface area contributed by atoms with Gasteiger partial charge < -0.3 is 10.1 Å². The van der Waals surface area contributed by atoms with E-state index in [-0.39, 0.29) is 11.3 Å². The van der Waals surface area contributed by atoms with Crippen LogP contribution in [0.1, 0.15) is 10.4 Å². The lowest BCUT2D eigenvalue weighted by Crippen LogP contribution is -2.21. The number of rotatable bonds is 5. The summed E-state index contributed by atoms with van der Waals surface area (Å²) in [4.78, 5) is 33.3. The number of nitrogens with one attached hydrogen (secondary N) is 1. The highest BCUT2D eigenvalue weighted by Gasteiger charge is 2.18. The summed E-state index contributed by atoms with van der Waals surface area (Å²) in [6.07, 6.45) is 0. The van der Waals surface area contributed by atoms with Crippen molar-refractivity contribution in [3.8, 4) is 0 Å². The van der Waals surface area contributed by atoms with Gasteiger partial charge in [-0.3, -0.25) is 14.9 Å². The van der Waals surface area contributed by atoms with Gasteiger partial charge in [-0.2, -0.15) is 0 Å². The van der Waals surface area contributed by atoms with Crippen molar-refractivity contribution in [3.05, 3.63) is 70.0 Å². The first-order chi connectivity index (χ1) is 11.0. The number of carbonyl (C=O) groups is 2. The summed E-state index contributed by atoms with van der Waals surface area (Å²) in [5.41, 5.74) is -0.502. The quantitative estimate of drug-likeness (QED) is 0.519. The second kappa shape index (κ2) is 7.12. The third kappa shape index (κ3) is 4.34. The molecule has 2 aromatic carbocycles. The zero-order valence-corrected chi connectivity index (χ0v) is 11.7. The third-order valence-electron chi connectivity index (χ3n) is 2.77. The Labute approximate surface area is 129 Å². The SMILES string of the molecule is O=C(COC(=O)c1ccccc1)Nc1ccc(F)cc1[N+](=O)[O-]. The number of halogens is 1. The zero-order valence-electron chi connectivity index (χ0n) is 11.7. The zero-order chi connectivity index (χ0) is 16.8. The second-order valence-electron chi connectivity index (χ2n) is 4.41.